The van der Waals surface area contributed by atoms with Crippen LogP contribution in [0.15, 0.2) is 42.6 Å². The molecule has 1 saturated heterocycles. The van der Waals surface area contributed by atoms with E-state index in [1.54, 1.807) is 6.20 Å². The van der Waals surface area contributed by atoms with Crippen molar-refractivity contribution in [1.29, 1.82) is 0 Å². The second-order valence-electron chi connectivity index (χ2n) is 6.24. The lowest BCUT2D eigenvalue weighted by Gasteiger charge is -2.36. The standard InChI is InChI=1S/C18H29N5OS/c1-22-11-13-23(14-12-22)17(19)9-5-6-10-20-18(24)21-25-15-16-7-3-2-4-8-16/h2-4,6-8,10,17H,5,9,11-15,19H2,1H3,(H2,20,21,24)/b10-6-. The van der Waals surface area contributed by atoms with Crippen molar-refractivity contribution in [2.24, 2.45) is 5.73 Å². The number of allylic oxidation sites excluding steroid dienone is 1. The van der Waals surface area contributed by atoms with Crippen LogP contribution < -0.4 is 15.8 Å². The van der Waals surface area contributed by atoms with Crippen molar-refractivity contribution >= 4 is 18.0 Å². The Morgan fingerprint density at radius 3 is 2.72 bits per heavy atom. The first-order valence-corrected chi connectivity index (χ1v) is 9.69. The summed E-state index contributed by atoms with van der Waals surface area (Å²) in [4.78, 5) is 16.3. The molecule has 6 nitrogen and oxygen atoms in total. The molecule has 1 fully saturated rings. The monoisotopic (exact) mass is 363 g/mol. The van der Waals surface area contributed by atoms with Gasteiger partial charge in [-0.25, -0.2) is 4.79 Å². The van der Waals surface area contributed by atoms with Gasteiger partial charge in [-0.1, -0.05) is 36.4 Å². The highest BCUT2D eigenvalue weighted by molar-refractivity contribution is 7.97. The highest BCUT2D eigenvalue weighted by atomic mass is 32.2. The van der Waals surface area contributed by atoms with Crippen LogP contribution in [0.4, 0.5) is 4.79 Å². The van der Waals surface area contributed by atoms with Crippen molar-refractivity contribution in [3.8, 4) is 0 Å². The molecular weight excluding hydrogens is 334 g/mol. The lowest BCUT2D eigenvalue weighted by atomic mass is 10.2. The Balaban J connectivity index is 1.52. The van der Waals surface area contributed by atoms with E-state index in [2.05, 4.69) is 26.9 Å². The number of piperazine rings is 1. The van der Waals surface area contributed by atoms with Crippen LogP contribution in [-0.4, -0.2) is 55.2 Å². The molecular formula is C18H29N5OS. The van der Waals surface area contributed by atoms with E-state index in [0.717, 1.165) is 44.8 Å². The number of rotatable bonds is 8. The zero-order chi connectivity index (χ0) is 17.9. The van der Waals surface area contributed by atoms with Crippen LogP contribution in [0.25, 0.3) is 0 Å². The topological polar surface area (TPSA) is 73.6 Å². The highest BCUT2D eigenvalue weighted by Gasteiger charge is 2.18. The first-order valence-electron chi connectivity index (χ1n) is 8.70. The molecule has 1 aliphatic rings. The third-order valence-electron chi connectivity index (χ3n) is 4.21. The smallest absolute Gasteiger partial charge is 0.316 e. The number of nitrogens with one attached hydrogen (secondary N) is 2. The molecule has 1 heterocycles. The number of nitrogens with two attached hydrogens (primary N) is 1. The van der Waals surface area contributed by atoms with E-state index in [1.807, 2.05) is 36.4 Å². The summed E-state index contributed by atoms with van der Waals surface area (Å²) in [7, 11) is 2.14. The highest BCUT2D eigenvalue weighted by Crippen LogP contribution is 2.08. The predicted molar refractivity (Wildman–Crippen MR) is 105 cm³/mol. The molecule has 1 unspecified atom stereocenters. The van der Waals surface area contributed by atoms with Crippen LogP contribution in [0.2, 0.25) is 0 Å². The number of nitrogens with zero attached hydrogens (tertiary/aromatic N) is 2. The maximum absolute atomic E-state index is 11.7. The van der Waals surface area contributed by atoms with Gasteiger partial charge in [0.25, 0.3) is 0 Å². The van der Waals surface area contributed by atoms with Crippen LogP contribution in [0.1, 0.15) is 18.4 Å². The van der Waals surface area contributed by atoms with Gasteiger partial charge in [0.15, 0.2) is 0 Å². The van der Waals surface area contributed by atoms with Crippen molar-refractivity contribution in [2.75, 3.05) is 33.2 Å². The minimum absolute atomic E-state index is 0.0913. The fourth-order valence-electron chi connectivity index (χ4n) is 2.61. The molecule has 25 heavy (non-hydrogen) atoms. The molecule has 0 saturated carbocycles. The average Bonchev–Trinajstić information content (AvgIpc) is 2.63. The first kappa shape index (κ1) is 19.8. The molecule has 7 heteroatoms. The van der Waals surface area contributed by atoms with Crippen molar-refractivity contribution in [3.05, 3.63) is 48.2 Å². The molecule has 1 aliphatic heterocycles. The number of carbonyl (C=O) groups excluding carboxylic acids is 1. The van der Waals surface area contributed by atoms with Crippen molar-refractivity contribution in [2.45, 2.75) is 24.8 Å². The van der Waals surface area contributed by atoms with Crippen LogP contribution in [-0.2, 0) is 5.75 Å². The van der Waals surface area contributed by atoms with Gasteiger partial charge in [0.2, 0.25) is 0 Å². The van der Waals surface area contributed by atoms with E-state index < -0.39 is 0 Å². The van der Waals surface area contributed by atoms with Gasteiger partial charge in [-0.15, -0.1) is 0 Å². The lowest BCUT2D eigenvalue weighted by molar-refractivity contribution is 0.110. The van der Waals surface area contributed by atoms with Gasteiger partial charge in [0.1, 0.15) is 0 Å². The molecule has 1 aromatic rings. The van der Waals surface area contributed by atoms with Crippen LogP contribution in [0.3, 0.4) is 0 Å². The van der Waals surface area contributed by atoms with Gasteiger partial charge in [-0.3, -0.25) is 9.62 Å². The molecule has 0 aromatic heterocycles. The minimum Gasteiger partial charge on any atom is -0.316 e. The Bertz CT molecular complexity index is 532. The number of likely N-dealkylation sites (N-methyl/N-ethyl adjacent to an activating group) is 1. The molecule has 0 bridgehead atoms. The summed E-state index contributed by atoms with van der Waals surface area (Å²) < 4.78 is 2.76. The molecule has 1 aromatic carbocycles. The number of hydrogen-bond donors (Lipinski definition) is 3. The number of hydrogen-bond acceptors (Lipinski definition) is 5. The largest absolute Gasteiger partial charge is 0.328 e. The molecule has 2 amide bonds. The van der Waals surface area contributed by atoms with Gasteiger partial charge >= 0.3 is 6.03 Å². The molecule has 0 radical (unpaired) electrons. The van der Waals surface area contributed by atoms with E-state index in [1.165, 1.54) is 17.5 Å². The number of urea groups is 1. The second-order valence-corrected chi connectivity index (χ2v) is 7.02. The Morgan fingerprint density at radius 1 is 1.28 bits per heavy atom. The summed E-state index contributed by atoms with van der Waals surface area (Å²) in [6.45, 7) is 4.21. The summed E-state index contributed by atoms with van der Waals surface area (Å²) in [5.74, 6) is 0.748. The van der Waals surface area contributed by atoms with Crippen molar-refractivity contribution in [3.63, 3.8) is 0 Å². The first-order chi connectivity index (χ1) is 12.1. The Morgan fingerprint density at radius 2 is 2.00 bits per heavy atom. The van der Waals surface area contributed by atoms with Gasteiger partial charge < -0.3 is 16.0 Å². The number of amides is 2. The maximum Gasteiger partial charge on any atom is 0.328 e. The summed E-state index contributed by atoms with van der Waals surface area (Å²) in [5, 5.41) is 2.72. The zero-order valence-electron chi connectivity index (χ0n) is 14.9. The number of benzene rings is 1. The Labute approximate surface area is 154 Å². The average molecular weight is 364 g/mol. The second kappa shape index (κ2) is 11.1. The van der Waals surface area contributed by atoms with Gasteiger partial charge in [0, 0.05) is 38.1 Å². The SMILES string of the molecule is CN1CCN(C(N)CC/C=C\NC(=O)NSCc2ccccc2)CC1. The predicted octanol–water partition coefficient (Wildman–Crippen LogP) is 1.96. The normalized spacial score (nSPS) is 17.5. The molecule has 0 spiro atoms. The fraction of sp³-hybridized carbons (Fsp3) is 0.500. The third-order valence-corrected chi connectivity index (χ3v) is 5.02. The molecule has 2 rings (SSSR count). The van der Waals surface area contributed by atoms with Crippen molar-refractivity contribution in [1.82, 2.24) is 19.8 Å². The molecule has 4 N–H and O–H groups in total. The van der Waals surface area contributed by atoms with Gasteiger partial charge in [-0.2, -0.15) is 0 Å². The fourth-order valence-corrected chi connectivity index (χ4v) is 3.23. The van der Waals surface area contributed by atoms with E-state index in [9.17, 15) is 4.79 Å². The summed E-state index contributed by atoms with van der Waals surface area (Å²) in [6, 6.07) is 9.83. The Kier molecular flexibility index (Phi) is 8.82. The quantitative estimate of drug-likeness (QED) is 0.616. The third kappa shape index (κ3) is 7.92. The Hall–Kier alpha value is -1.54. The molecule has 138 valence electrons. The van der Waals surface area contributed by atoms with Crippen LogP contribution in [0, 0.1) is 0 Å². The summed E-state index contributed by atoms with van der Waals surface area (Å²) in [6.07, 6.45) is 5.48. The van der Waals surface area contributed by atoms with E-state index >= 15 is 0 Å². The maximum atomic E-state index is 11.7. The minimum atomic E-state index is -0.208. The van der Waals surface area contributed by atoms with Gasteiger partial charge in [0.05, 0.1) is 6.17 Å². The van der Waals surface area contributed by atoms with E-state index in [0.29, 0.717) is 0 Å². The number of carbonyl (C=O) groups is 1. The van der Waals surface area contributed by atoms with E-state index in [4.69, 9.17) is 5.73 Å². The summed E-state index contributed by atoms with van der Waals surface area (Å²) in [5.41, 5.74) is 7.41. The van der Waals surface area contributed by atoms with E-state index in [-0.39, 0.29) is 12.2 Å². The molecule has 1 atom stereocenters. The van der Waals surface area contributed by atoms with Crippen LogP contribution >= 0.6 is 11.9 Å². The zero-order valence-corrected chi connectivity index (χ0v) is 15.7. The van der Waals surface area contributed by atoms with Crippen molar-refractivity contribution < 1.29 is 4.79 Å². The van der Waals surface area contributed by atoms with Crippen LogP contribution in [0.5, 0.6) is 0 Å². The lowest BCUT2D eigenvalue weighted by Crippen LogP contribution is -2.52. The summed E-state index contributed by atoms with van der Waals surface area (Å²) >= 11 is 1.38. The molecule has 0 aliphatic carbocycles. The van der Waals surface area contributed by atoms with Gasteiger partial charge in [-0.05, 0) is 37.4 Å².